The van der Waals surface area contributed by atoms with E-state index in [-0.39, 0.29) is 29.2 Å². The van der Waals surface area contributed by atoms with Crippen LogP contribution in [0.2, 0.25) is 0 Å². The Balaban J connectivity index is 1.33. The zero-order valence-corrected chi connectivity index (χ0v) is 24.1. The first-order valence-electron chi connectivity index (χ1n) is 14.6. The normalized spacial score (nSPS) is 30.1. The molecule has 15 heteroatoms. The lowest BCUT2D eigenvalue weighted by Gasteiger charge is -2.35. The molecule has 0 unspecified atom stereocenters. The summed E-state index contributed by atoms with van der Waals surface area (Å²) in [4.78, 5) is 31.5. The summed E-state index contributed by atoms with van der Waals surface area (Å²) in [5, 5.41) is 75.0. The predicted octanol–water partition coefficient (Wildman–Crippen LogP) is 0.141. The monoisotopic (exact) mass is 635 g/mol. The average Bonchev–Trinajstić information content (AvgIpc) is 3.71. The molecule has 0 aliphatic carbocycles. The van der Waals surface area contributed by atoms with E-state index in [1.54, 1.807) is 12.1 Å². The molecule has 8 rings (SSSR count). The lowest BCUT2D eigenvalue weighted by atomic mass is 9.96. The fraction of sp³-hybridized carbons (Fsp3) is 0.355. The van der Waals surface area contributed by atoms with Crippen molar-refractivity contribution in [3.63, 3.8) is 0 Å². The van der Waals surface area contributed by atoms with Gasteiger partial charge in [0.2, 0.25) is 0 Å². The first kappa shape index (κ1) is 29.1. The van der Waals surface area contributed by atoms with Crippen LogP contribution in [0.5, 0.6) is 11.5 Å². The molecule has 8 atom stereocenters. The highest BCUT2D eigenvalue weighted by molar-refractivity contribution is 6.39. The maximum Gasteiger partial charge on any atom is 0.262 e. The van der Waals surface area contributed by atoms with Gasteiger partial charge in [0.15, 0.2) is 12.5 Å². The highest BCUT2D eigenvalue weighted by atomic mass is 16.7. The van der Waals surface area contributed by atoms with Gasteiger partial charge in [-0.1, -0.05) is 0 Å². The molecule has 3 aliphatic heterocycles. The molecular weight excluding hydrogens is 606 g/mol. The van der Waals surface area contributed by atoms with Gasteiger partial charge in [-0.3, -0.25) is 14.5 Å². The second-order valence-corrected chi connectivity index (χ2v) is 11.9. The van der Waals surface area contributed by atoms with Crippen molar-refractivity contribution in [3.8, 4) is 11.5 Å². The first-order valence-corrected chi connectivity index (χ1v) is 14.6. The molecule has 2 amide bonds. The van der Waals surface area contributed by atoms with Gasteiger partial charge in [0.1, 0.15) is 48.1 Å². The van der Waals surface area contributed by atoms with Crippen molar-refractivity contribution in [1.82, 2.24) is 14.5 Å². The number of aromatic hydroxyl groups is 2. The van der Waals surface area contributed by atoms with Gasteiger partial charge in [-0.25, -0.2) is 0 Å². The van der Waals surface area contributed by atoms with E-state index in [1.807, 2.05) is 0 Å². The predicted molar refractivity (Wildman–Crippen MR) is 158 cm³/mol. The molecule has 0 radical (unpaired) electrons. The summed E-state index contributed by atoms with van der Waals surface area (Å²) in [5.41, 5.74) is 1.80. The van der Waals surface area contributed by atoms with Gasteiger partial charge in [0, 0.05) is 40.7 Å². The lowest BCUT2D eigenvalue weighted by Crippen LogP contribution is -2.54. The molecule has 8 N–H and O–H groups in total. The fourth-order valence-corrected chi connectivity index (χ4v) is 6.99. The minimum absolute atomic E-state index is 0.0356. The summed E-state index contributed by atoms with van der Waals surface area (Å²) in [6, 6.07) is 8.99. The molecule has 2 saturated heterocycles. The largest absolute Gasteiger partial charge is 0.508 e. The van der Waals surface area contributed by atoms with Gasteiger partial charge in [0.25, 0.3) is 11.8 Å². The summed E-state index contributed by atoms with van der Waals surface area (Å²) in [6.07, 6.45) is -11.4. The SMILES string of the molecule is CN1C(=O)c2c(c3c4ccc(O)cc4n([C@@H]4O[C@H](CO[C@H]5OC[C@@H](O)[C@H](O)[C@H]5O)[C@@H](O)[C@H]4O)c3c3[nH]c4cc(O)ccc4c23)C1=O. The fourth-order valence-electron chi connectivity index (χ4n) is 6.99. The van der Waals surface area contributed by atoms with Crippen LogP contribution in [0.25, 0.3) is 43.6 Å². The van der Waals surface area contributed by atoms with Crippen LogP contribution in [0.4, 0.5) is 0 Å². The number of nitrogens with one attached hydrogen (secondary N) is 1. The Labute approximate surface area is 257 Å². The average molecular weight is 636 g/mol. The number of fused-ring (bicyclic) bond motifs is 10. The maximum absolute atomic E-state index is 13.7. The molecule has 0 spiro atoms. The number of benzene rings is 3. The molecule has 3 aliphatic rings. The van der Waals surface area contributed by atoms with Crippen molar-refractivity contribution in [2.75, 3.05) is 20.3 Å². The second kappa shape index (κ2) is 10.1. The summed E-state index contributed by atoms with van der Waals surface area (Å²) < 4.78 is 18.6. The van der Waals surface area contributed by atoms with Crippen LogP contribution in [0.15, 0.2) is 36.4 Å². The smallest absolute Gasteiger partial charge is 0.262 e. The number of rotatable bonds is 4. The van der Waals surface area contributed by atoms with E-state index in [0.29, 0.717) is 43.6 Å². The summed E-state index contributed by atoms with van der Waals surface area (Å²) in [6.45, 7) is -0.692. The minimum atomic E-state index is -1.58. The molecule has 0 bridgehead atoms. The second-order valence-electron chi connectivity index (χ2n) is 11.9. The van der Waals surface area contributed by atoms with Crippen molar-refractivity contribution >= 4 is 55.4 Å². The van der Waals surface area contributed by atoms with Crippen molar-refractivity contribution in [3.05, 3.63) is 47.5 Å². The number of ether oxygens (including phenoxy) is 3. The van der Waals surface area contributed by atoms with Crippen LogP contribution in [-0.2, 0) is 14.2 Å². The Morgan fingerprint density at radius 3 is 2.28 bits per heavy atom. The molecule has 2 aromatic heterocycles. The lowest BCUT2D eigenvalue weighted by molar-refractivity contribution is -0.276. The van der Waals surface area contributed by atoms with Crippen LogP contribution < -0.4 is 0 Å². The highest BCUT2D eigenvalue weighted by Gasteiger charge is 2.48. The number of carbonyl (C=O) groups is 2. The number of carbonyl (C=O) groups excluding carboxylic acids is 2. The maximum atomic E-state index is 13.7. The number of aliphatic hydroxyl groups is 5. The molecular formula is C31H29N3O12. The Kier molecular flexibility index (Phi) is 6.38. The topological polar surface area (TPSA) is 227 Å². The number of nitrogens with zero attached hydrogens (tertiary/aromatic N) is 2. The van der Waals surface area contributed by atoms with Crippen LogP contribution >= 0.6 is 0 Å². The molecule has 5 aromatic rings. The van der Waals surface area contributed by atoms with Gasteiger partial charge < -0.3 is 59.5 Å². The van der Waals surface area contributed by atoms with Gasteiger partial charge in [-0.15, -0.1) is 0 Å². The van der Waals surface area contributed by atoms with E-state index in [0.717, 1.165) is 4.90 Å². The number of amides is 2. The highest BCUT2D eigenvalue weighted by Crippen LogP contribution is 2.48. The number of aromatic amines is 1. The molecule has 46 heavy (non-hydrogen) atoms. The van der Waals surface area contributed by atoms with Crippen molar-refractivity contribution in [1.29, 1.82) is 0 Å². The van der Waals surface area contributed by atoms with Gasteiger partial charge in [-0.2, -0.15) is 0 Å². The molecule has 240 valence electrons. The minimum Gasteiger partial charge on any atom is -0.508 e. The number of H-pyrrole nitrogens is 1. The van der Waals surface area contributed by atoms with Crippen LogP contribution in [0, 0.1) is 0 Å². The number of aliphatic hydroxyl groups excluding tert-OH is 5. The Morgan fingerprint density at radius 1 is 0.870 bits per heavy atom. The van der Waals surface area contributed by atoms with Gasteiger partial charge >= 0.3 is 0 Å². The number of aromatic nitrogens is 2. The standard InChI is InChI=1S/C31H29N3O12/c1-33-28(42)20-18-12-4-2-10(35)6-14(12)32-22(18)23-19(21(20)29(33)43)13-5-3-11(36)7-15(13)34(23)30-26(40)25(39)17(46-30)9-45-31-27(41)24(38)16(37)8-44-31/h2-7,16-17,24-27,30-32,35-41H,8-9H2,1H3/t16-,17-,24+,25-,26-,27-,30-,31-/m1/s1. The number of imide groups is 1. The Morgan fingerprint density at radius 2 is 1.54 bits per heavy atom. The van der Waals surface area contributed by atoms with Crippen molar-refractivity contribution < 1.29 is 59.5 Å². The van der Waals surface area contributed by atoms with E-state index >= 15 is 0 Å². The van der Waals surface area contributed by atoms with Crippen molar-refractivity contribution in [2.24, 2.45) is 0 Å². The third kappa shape index (κ3) is 3.88. The third-order valence-corrected chi connectivity index (χ3v) is 9.26. The van der Waals surface area contributed by atoms with Gasteiger partial charge in [-0.05, 0) is 24.3 Å². The zero-order chi connectivity index (χ0) is 32.3. The van der Waals surface area contributed by atoms with Crippen LogP contribution in [-0.4, -0.2) is 125 Å². The van der Waals surface area contributed by atoms with E-state index in [4.69, 9.17) is 14.2 Å². The molecule has 5 heterocycles. The summed E-state index contributed by atoms with van der Waals surface area (Å²) >= 11 is 0. The number of phenols is 2. The Hall–Kier alpha value is -4.32. The number of hydrogen-bond donors (Lipinski definition) is 8. The number of phenolic OH excluding ortho intramolecular Hbond substituents is 2. The van der Waals surface area contributed by atoms with Crippen LogP contribution in [0.1, 0.15) is 26.9 Å². The third-order valence-electron chi connectivity index (χ3n) is 9.26. The molecule has 3 aromatic carbocycles. The van der Waals surface area contributed by atoms with Crippen molar-refractivity contribution in [2.45, 2.75) is 49.1 Å². The Bertz CT molecular complexity index is 2110. The first-order chi connectivity index (χ1) is 22.0. The summed E-state index contributed by atoms with van der Waals surface area (Å²) in [7, 11) is 1.38. The van der Waals surface area contributed by atoms with E-state index < -0.39 is 67.6 Å². The molecule has 2 fully saturated rings. The molecule has 15 nitrogen and oxygen atoms in total. The van der Waals surface area contributed by atoms with E-state index in [9.17, 15) is 45.3 Å². The van der Waals surface area contributed by atoms with Gasteiger partial charge in [0.05, 0.1) is 46.4 Å². The quantitative estimate of drug-likeness (QED) is 0.123. The van der Waals surface area contributed by atoms with Crippen LogP contribution in [0.3, 0.4) is 0 Å². The van der Waals surface area contributed by atoms with E-state index in [2.05, 4.69) is 4.98 Å². The zero-order valence-electron chi connectivity index (χ0n) is 24.1. The van der Waals surface area contributed by atoms with E-state index in [1.165, 1.54) is 35.9 Å². The molecule has 0 saturated carbocycles. The summed E-state index contributed by atoms with van der Waals surface area (Å²) in [5.74, 6) is -1.24. The number of hydrogen-bond acceptors (Lipinski definition) is 12.